The molecule has 2 aromatic carbocycles. The van der Waals surface area contributed by atoms with Gasteiger partial charge in [-0.15, -0.1) is 0 Å². The van der Waals surface area contributed by atoms with Crippen LogP contribution in [0.15, 0.2) is 42.5 Å². The van der Waals surface area contributed by atoms with Crippen LogP contribution in [-0.2, 0) is 16.8 Å². The van der Waals surface area contributed by atoms with E-state index in [9.17, 15) is 4.79 Å². The number of ether oxygens (including phenoxy) is 2. The minimum Gasteiger partial charge on any atom is -0.493 e. The van der Waals surface area contributed by atoms with Crippen molar-refractivity contribution in [3.8, 4) is 11.5 Å². The maximum Gasteiger partial charge on any atom is 0.230 e. The second-order valence-corrected chi connectivity index (χ2v) is 6.98. The van der Waals surface area contributed by atoms with Gasteiger partial charge in [0.25, 0.3) is 0 Å². The molecule has 1 amide bonds. The summed E-state index contributed by atoms with van der Waals surface area (Å²) in [5.74, 6) is 1.44. The molecular formula is C21H24ClNO3. The fraction of sp³-hybridized carbons (Fsp3) is 0.381. The van der Waals surface area contributed by atoms with Crippen LogP contribution in [0.3, 0.4) is 0 Å². The standard InChI is InChI=1S/C21H24ClNO3/c1-3-26-18-9-8-15(12-19(18)25-2)14-23-20(24)21(10-5-11-21)16-6-4-7-17(22)13-16/h4,6-9,12-13H,3,5,10-11,14H2,1-2H3,(H,23,24). The van der Waals surface area contributed by atoms with E-state index >= 15 is 0 Å². The van der Waals surface area contributed by atoms with Crippen molar-refractivity contribution in [1.29, 1.82) is 0 Å². The van der Waals surface area contributed by atoms with Crippen molar-refractivity contribution >= 4 is 17.5 Å². The van der Waals surface area contributed by atoms with Gasteiger partial charge in [-0.2, -0.15) is 0 Å². The Morgan fingerprint density at radius 2 is 2.00 bits per heavy atom. The number of hydrogen-bond donors (Lipinski definition) is 1. The summed E-state index contributed by atoms with van der Waals surface area (Å²) >= 11 is 6.13. The van der Waals surface area contributed by atoms with Crippen molar-refractivity contribution in [2.45, 2.75) is 38.1 Å². The molecule has 0 spiro atoms. The largest absolute Gasteiger partial charge is 0.493 e. The van der Waals surface area contributed by atoms with Gasteiger partial charge < -0.3 is 14.8 Å². The fourth-order valence-corrected chi connectivity index (χ4v) is 3.60. The monoisotopic (exact) mass is 373 g/mol. The quantitative estimate of drug-likeness (QED) is 0.778. The molecule has 1 saturated carbocycles. The van der Waals surface area contributed by atoms with Crippen molar-refractivity contribution in [3.05, 3.63) is 58.6 Å². The highest BCUT2D eigenvalue weighted by molar-refractivity contribution is 6.30. The highest BCUT2D eigenvalue weighted by Crippen LogP contribution is 2.44. The maximum absolute atomic E-state index is 12.9. The fourth-order valence-electron chi connectivity index (χ4n) is 3.41. The summed E-state index contributed by atoms with van der Waals surface area (Å²) in [5.41, 5.74) is 1.51. The van der Waals surface area contributed by atoms with Gasteiger partial charge in [-0.1, -0.05) is 36.2 Å². The molecule has 0 atom stereocenters. The van der Waals surface area contributed by atoms with Gasteiger partial charge in [0.15, 0.2) is 11.5 Å². The Labute approximate surface area is 159 Å². The minimum atomic E-state index is -0.458. The molecule has 138 valence electrons. The summed E-state index contributed by atoms with van der Waals surface area (Å²) in [7, 11) is 1.61. The first-order valence-electron chi connectivity index (χ1n) is 8.93. The molecular weight excluding hydrogens is 350 g/mol. The molecule has 0 saturated heterocycles. The van der Waals surface area contributed by atoms with Crippen LogP contribution < -0.4 is 14.8 Å². The topological polar surface area (TPSA) is 47.6 Å². The number of carbonyl (C=O) groups excluding carboxylic acids is 1. The van der Waals surface area contributed by atoms with Crippen LogP contribution in [0.4, 0.5) is 0 Å². The lowest BCUT2D eigenvalue weighted by molar-refractivity contribution is -0.130. The summed E-state index contributed by atoms with van der Waals surface area (Å²) in [6, 6.07) is 13.4. The van der Waals surface area contributed by atoms with Gasteiger partial charge in [0, 0.05) is 11.6 Å². The van der Waals surface area contributed by atoms with Crippen LogP contribution in [0, 0.1) is 0 Å². The molecule has 2 aromatic rings. The third-order valence-electron chi connectivity index (χ3n) is 5.00. The lowest BCUT2D eigenvalue weighted by Gasteiger charge is -2.40. The summed E-state index contributed by atoms with van der Waals surface area (Å²) in [5, 5.41) is 3.75. The summed E-state index contributed by atoms with van der Waals surface area (Å²) < 4.78 is 10.9. The number of carbonyl (C=O) groups is 1. The zero-order valence-electron chi connectivity index (χ0n) is 15.2. The first-order chi connectivity index (χ1) is 12.6. The predicted molar refractivity (Wildman–Crippen MR) is 103 cm³/mol. The van der Waals surface area contributed by atoms with Gasteiger partial charge in [0.2, 0.25) is 5.91 Å². The number of halogens is 1. The molecule has 0 aromatic heterocycles. The number of hydrogen-bond acceptors (Lipinski definition) is 3. The molecule has 5 heteroatoms. The zero-order valence-corrected chi connectivity index (χ0v) is 15.9. The average Bonchev–Trinajstić information content (AvgIpc) is 2.60. The molecule has 0 heterocycles. The molecule has 26 heavy (non-hydrogen) atoms. The van der Waals surface area contributed by atoms with Crippen LogP contribution in [-0.4, -0.2) is 19.6 Å². The van der Waals surface area contributed by atoms with E-state index in [2.05, 4.69) is 5.32 Å². The maximum atomic E-state index is 12.9. The Morgan fingerprint density at radius 3 is 2.62 bits per heavy atom. The van der Waals surface area contributed by atoms with Gasteiger partial charge in [0.1, 0.15) is 0 Å². The lowest BCUT2D eigenvalue weighted by Crippen LogP contribution is -2.49. The number of nitrogens with one attached hydrogen (secondary N) is 1. The van der Waals surface area contributed by atoms with Crippen LogP contribution in [0.2, 0.25) is 5.02 Å². The molecule has 1 fully saturated rings. The van der Waals surface area contributed by atoms with Gasteiger partial charge in [-0.3, -0.25) is 4.79 Å². The van der Waals surface area contributed by atoms with E-state index in [1.54, 1.807) is 7.11 Å². The molecule has 0 aliphatic heterocycles. The van der Waals surface area contributed by atoms with E-state index in [0.29, 0.717) is 29.7 Å². The number of methoxy groups -OCH3 is 1. The van der Waals surface area contributed by atoms with Gasteiger partial charge in [-0.05, 0) is 55.2 Å². The number of rotatable bonds is 7. The second kappa shape index (κ2) is 8.00. The highest BCUT2D eigenvalue weighted by atomic mass is 35.5. The van der Waals surface area contributed by atoms with Crippen molar-refractivity contribution < 1.29 is 14.3 Å². The van der Waals surface area contributed by atoms with Crippen LogP contribution in [0.25, 0.3) is 0 Å². The minimum absolute atomic E-state index is 0.0545. The van der Waals surface area contributed by atoms with Crippen LogP contribution in [0.1, 0.15) is 37.3 Å². The Bertz CT molecular complexity index is 787. The molecule has 1 aliphatic rings. The summed E-state index contributed by atoms with van der Waals surface area (Å²) in [6.07, 6.45) is 2.76. The van der Waals surface area contributed by atoms with E-state index in [-0.39, 0.29) is 5.91 Å². The SMILES string of the molecule is CCOc1ccc(CNC(=O)C2(c3cccc(Cl)c3)CCC2)cc1OC. The van der Waals surface area contributed by atoms with Crippen molar-refractivity contribution in [2.24, 2.45) is 0 Å². The molecule has 1 aliphatic carbocycles. The van der Waals surface area contributed by atoms with Gasteiger partial charge >= 0.3 is 0 Å². The summed E-state index contributed by atoms with van der Waals surface area (Å²) in [6.45, 7) is 2.96. The van der Waals surface area contributed by atoms with E-state index in [1.165, 1.54) is 0 Å². The normalized spacial score (nSPS) is 15.0. The van der Waals surface area contributed by atoms with Gasteiger partial charge in [0.05, 0.1) is 19.1 Å². The van der Waals surface area contributed by atoms with Crippen molar-refractivity contribution in [1.82, 2.24) is 5.32 Å². The smallest absolute Gasteiger partial charge is 0.230 e. The Morgan fingerprint density at radius 1 is 1.19 bits per heavy atom. The van der Waals surface area contributed by atoms with E-state index in [4.69, 9.17) is 21.1 Å². The first kappa shape index (κ1) is 18.6. The highest BCUT2D eigenvalue weighted by Gasteiger charge is 2.45. The molecule has 3 rings (SSSR count). The second-order valence-electron chi connectivity index (χ2n) is 6.55. The Balaban J connectivity index is 1.72. The predicted octanol–water partition coefficient (Wildman–Crippen LogP) is 4.49. The first-order valence-corrected chi connectivity index (χ1v) is 9.31. The number of amides is 1. The molecule has 4 nitrogen and oxygen atoms in total. The van der Waals surface area contributed by atoms with E-state index < -0.39 is 5.41 Å². The third kappa shape index (κ3) is 3.65. The Kier molecular flexibility index (Phi) is 5.72. The van der Waals surface area contributed by atoms with Crippen molar-refractivity contribution in [2.75, 3.05) is 13.7 Å². The molecule has 0 radical (unpaired) electrons. The molecule has 0 unspecified atom stereocenters. The van der Waals surface area contributed by atoms with E-state index in [1.807, 2.05) is 49.4 Å². The number of benzene rings is 2. The average molecular weight is 374 g/mol. The van der Waals surface area contributed by atoms with Crippen LogP contribution in [0.5, 0.6) is 11.5 Å². The summed E-state index contributed by atoms with van der Waals surface area (Å²) in [4.78, 5) is 12.9. The third-order valence-corrected chi connectivity index (χ3v) is 5.24. The van der Waals surface area contributed by atoms with Gasteiger partial charge in [-0.25, -0.2) is 0 Å². The van der Waals surface area contributed by atoms with Crippen LogP contribution >= 0.6 is 11.6 Å². The Hall–Kier alpha value is -2.20. The van der Waals surface area contributed by atoms with E-state index in [0.717, 1.165) is 30.4 Å². The molecule has 1 N–H and O–H groups in total. The van der Waals surface area contributed by atoms with Crippen molar-refractivity contribution in [3.63, 3.8) is 0 Å². The zero-order chi connectivity index (χ0) is 18.6. The lowest BCUT2D eigenvalue weighted by atomic mass is 9.64. The molecule has 0 bridgehead atoms.